The number of ether oxygens (including phenoxy) is 4. The lowest BCUT2D eigenvalue weighted by Crippen LogP contribution is -2.31. The van der Waals surface area contributed by atoms with Crippen molar-refractivity contribution in [3.05, 3.63) is 57.6 Å². The van der Waals surface area contributed by atoms with Crippen molar-refractivity contribution in [3.63, 3.8) is 0 Å². The van der Waals surface area contributed by atoms with Gasteiger partial charge in [0.2, 0.25) is 0 Å². The van der Waals surface area contributed by atoms with Crippen molar-refractivity contribution in [2.45, 2.75) is 6.54 Å². The van der Waals surface area contributed by atoms with Gasteiger partial charge in [-0.3, -0.25) is 19.8 Å². The van der Waals surface area contributed by atoms with Crippen molar-refractivity contribution in [2.24, 2.45) is 0 Å². The number of aromatic hydroxyl groups is 1. The van der Waals surface area contributed by atoms with Crippen molar-refractivity contribution >= 4 is 12.0 Å². The molecule has 0 unspecified atom stereocenters. The molecule has 0 radical (unpaired) electrons. The molecule has 32 heavy (non-hydrogen) atoms. The second-order valence-electron chi connectivity index (χ2n) is 7.06. The van der Waals surface area contributed by atoms with Crippen molar-refractivity contribution in [3.8, 4) is 17.2 Å². The molecule has 0 aromatic heterocycles. The van der Waals surface area contributed by atoms with Crippen LogP contribution in [0.3, 0.4) is 0 Å². The van der Waals surface area contributed by atoms with Gasteiger partial charge in [0, 0.05) is 37.3 Å². The van der Waals surface area contributed by atoms with Crippen LogP contribution in [0.2, 0.25) is 0 Å². The number of non-ortho nitro benzene ring substituents is 1. The van der Waals surface area contributed by atoms with Crippen molar-refractivity contribution < 1.29 is 33.8 Å². The predicted octanol–water partition coefficient (Wildman–Crippen LogP) is 2.42. The summed E-state index contributed by atoms with van der Waals surface area (Å²) in [5.74, 6) is 1.02. The predicted molar refractivity (Wildman–Crippen MR) is 114 cm³/mol. The normalized spacial score (nSPS) is 16.5. The van der Waals surface area contributed by atoms with Gasteiger partial charge in [0.25, 0.3) is 5.69 Å². The molecule has 0 atom stereocenters. The molecule has 1 N–H and O–H groups in total. The van der Waals surface area contributed by atoms with E-state index in [1.165, 1.54) is 6.07 Å². The number of benzene rings is 2. The Kier molecular flexibility index (Phi) is 8.79. The standard InChI is InChI=1S/C22H26N2O8/c25-16-18-14-19(24(27)28)13-17(22(18)26)15-23-5-7-29-9-11-31-20-3-1-2-4-21(20)32-12-10-30-8-6-23/h1-4,13-14,16,26H,5-12,15H2. The summed E-state index contributed by atoms with van der Waals surface area (Å²) in [6.07, 6.45) is 0.405. The monoisotopic (exact) mass is 446 g/mol. The zero-order valence-corrected chi connectivity index (χ0v) is 17.6. The van der Waals surface area contributed by atoms with Crippen LogP contribution in [0.5, 0.6) is 17.2 Å². The molecule has 2 aromatic rings. The molecule has 0 saturated heterocycles. The van der Waals surface area contributed by atoms with E-state index in [9.17, 15) is 20.0 Å². The molecule has 1 heterocycles. The molecule has 0 amide bonds. The van der Waals surface area contributed by atoms with Crippen LogP contribution < -0.4 is 9.47 Å². The minimum atomic E-state index is -0.591. The van der Waals surface area contributed by atoms with Crippen molar-refractivity contribution in [1.29, 1.82) is 0 Å². The van der Waals surface area contributed by atoms with Crippen LogP contribution >= 0.6 is 0 Å². The Labute approximate surface area is 185 Å². The van der Waals surface area contributed by atoms with E-state index in [0.29, 0.717) is 76.1 Å². The van der Waals surface area contributed by atoms with Gasteiger partial charge in [-0.05, 0) is 12.1 Å². The van der Waals surface area contributed by atoms with Crippen LogP contribution in [0.4, 0.5) is 5.69 Å². The van der Waals surface area contributed by atoms with E-state index >= 15 is 0 Å². The fourth-order valence-corrected chi connectivity index (χ4v) is 3.23. The molecule has 1 aliphatic rings. The van der Waals surface area contributed by atoms with Gasteiger partial charge in [-0.15, -0.1) is 0 Å². The number of rotatable bonds is 4. The molecule has 172 valence electrons. The molecule has 10 heteroatoms. The zero-order chi connectivity index (χ0) is 22.8. The molecule has 0 spiro atoms. The number of nitrogens with zero attached hydrogens (tertiary/aromatic N) is 2. The van der Waals surface area contributed by atoms with Gasteiger partial charge in [-0.25, -0.2) is 0 Å². The Balaban J connectivity index is 1.65. The second kappa shape index (κ2) is 12.0. The summed E-state index contributed by atoms with van der Waals surface area (Å²) in [6, 6.07) is 9.72. The number of hydrogen-bond donors (Lipinski definition) is 1. The SMILES string of the molecule is O=Cc1cc([N+](=O)[O-])cc(CN2CCOCCOc3ccccc3OCCOCC2)c1O. The van der Waals surface area contributed by atoms with Gasteiger partial charge >= 0.3 is 0 Å². The van der Waals surface area contributed by atoms with E-state index in [-0.39, 0.29) is 23.5 Å². The first kappa shape index (κ1) is 23.5. The molecule has 2 aromatic carbocycles. The third kappa shape index (κ3) is 6.64. The number of carbonyl (C=O) groups excluding carboxylic acids is 1. The molecular formula is C22H26N2O8. The molecule has 0 fully saturated rings. The molecule has 3 rings (SSSR count). The Bertz CT molecular complexity index is 886. The lowest BCUT2D eigenvalue weighted by atomic mass is 10.1. The summed E-state index contributed by atoms with van der Waals surface area (Å²) in [6.45, 7) is 3.40. The highest BCUT2D eigenvalue weighted by molar-refractivity contribution is 5.81. The maximum Gasteiger partial charge on any atom is 0.270 e. The highest BCUT2D eigenvalue weighted by Gasteiger charge is 2.18. The van der Waals surface area contributed by atoms with E-state index in [0.717, 1.165) is 6.07 Å². The number of fused-ring (bicyclic) bond motifs is 1. The number of aldehydes is 1. The van der Waals surface area contributed by atoms with E-state index in [1.807, 2.05) is 29.2 Å². The lowest BCUT2D eigenvalue weighted by Gasteiger charge is -2.23. The zero-order valence-electron chi connectivity index (χ0n) is 17.6. The minimum Gasteiger partial charge on any atom is -0.507 e. The van der Waals surface area contributed by atoms with E-state index in [1.54, 1.807) is 0 Å². The highest BCUT2D eigenvalue weighted by Crippen LogP contribution is 2.29. The van der Waals surface area contributed by atoms with Crippen LogP contribution in [-0.2, 0) is 16.0 Å². The van der Waals surface area contributed by atoms with Crippen molar-refractivity contribution in [1.82, 2.24) is 4.90 Å². The topological polar surface area (TPSA) is 121 Å². The maximum absolute atomic E-state index is 11.2. The fourth-order valence-electron chi connectivity index (χ4n) is 3.23. The highest BCUT2D eigenvalue weighted by atomic mass is 16.6. The summed E-state index contributed by atoms with van der Waals surface area (Å²) >= 11 is 0. The average Bonchev–Trinajstić information content (AvgIpc) is 2.80. The van der Waals surface area contributed by atoms with Gasteiger partial charge in [-0.1, -0.05) is 12.1 Å². The minimum absolute atomic E-state index is 0.117. The first-order chi connectivity index (χ1) is 15.6. The summed E-state index contributed by atoms with van der Waals surface area (Å²) in [5, 5.41) is 21.5. The summed E-state index contributed by atoms with van der Waals surface area (Å²) in [7, 11) is 0. The average molecular weight is 446 g/mol. The summed E-state index contributed by atoms with van der Waals surface area (Å²) in [5.41, 5.74) is -0.0742. The van der Waals surface area contributed by atoms with Crippen LogP contribution in [-0.4, -0.2) is 73.9 Å². The Morgan fingerprint density at radius 3 is 2.09 bits per heavy atom. The van der Waals surface area contributed by atoms with Gasteiger partial charge in [0.05, 0.1) is 36.9 Å². The number of nitro groups is 1. The van der Waals surface area contributed by atoms with Gasteiger partial charge in [0.1, 0.15) is 19.0 Å². The van der Waals surface area contributed by atoms with E-state index in [2.05, 4.69) is 0 Å². The van der Waals surface area contributed by atoms with E-state index < -0.39 is 4.92 Å². The third-order valence-electron chi connectivity index (χ3n) is 4.86. The summed E-state index contributed by atoms with van der Waals surface area (Å²) in [4.78, 5) is 23.7. The Morgan fingerprint density at radius 2 is 1.56 bits per heavy atom. The fraction of sp³-hybridized carbons (Fsp3) is 0.409. The maximum atomic E-state index is 11.2. The number of phenols is 1. The third-order valence-corrected chi connectivity index (χ3v) is 4.86. The quantitative estimate of drug-likeness (QED) is 0.429. The lowest BCUT2D eigenvalue weighted by molar-refractivity contribution is -0.385. The molecular weight excluding hydrogens is 420 g/mol. The van der Waals surface area contributed by atoms with Gasteiger partial charge in [-0.2, -0.15) is 0 Å². The second-order valence-corrected chi connectivity index (χ2v) is 7.06. The van der Waals surface area contributed by atoms with Crippen molar-refractivity contribution in [2.75, 3.05) is 52.7 Å². The molecule has 1 aliphatic heterocycles. The number of phenolic OH excluding ortho intramolecular Hbond substituents is 1. The van der Waals surface area contributed by atoms with Gasteiger partial charge in [0.15, 0.2) is 17.8 Å². The Hall–Kier alpha value is -3.21. The van der Waals surface area contributed by atoms with E-state index in [4.69, 9.17) is 18.9 Å². The van der Waals surface area contributed by atoms with Crippen LogP contribution in [0, 0.1) is 10.1 Å². The molecule has 0 aliphatic carbocycles. The van der Waals surface area contributed by atoms with Gasteiger partial charge < -0.3 is 24.1 Å². The first-order valence-electron chi connectivity index (χ1n) is 10.3. The van der Waals surface area contributed by atoms with Crippen LogP contribution in [0.25, 0.3) is 0 Å². The molecule has 0 bridgehead atoms. The molecule has 0 saturated carbocycles. The number of carbonyl (C=O) groups is 1. The smallest absolute Gasteiger partial charge is 0.270 e. The first-order valence-corrected chi connectivity index (χ1v) is 10.3. The Morgan fingerprint density at radius 1 is 0.969 bits per heavy atom. The number of nitro benzene ring substituents is 1. The summed E-state index contributed by atoms with van der Waals surface area (Å²) < 4.78 is 22.8. The molecule has 10 nitrogen and oxygen atoms in total. The van der Waals surface area contributed by atoms with Crippen LogP contribution in [0.1, 0.15) is 15.9 Å². The largest absolute Gasteiger partial charge is 0.507 e. The number of para-hydroxylation sites is 2. The van der Waals surface area contributed by atoms with Crippen LogP contribution in [0.15, 0.2) is 36.4 Å². The number of hydrogen-bond acceptors (Lipinski definition) is 9.